The fraction of sp³-hybridized carbons (Fsp3) is 0.400. The molecule has 1 unspecified atom stereocenters. The van der Waals surface area contributed by atoms with Crippen LogP contribution in [-0.2, 0) is 20.7 Å². The first-order valence-corrected chi connectivity index (χ1v) is 8.70. The summed E-state index contributed by atoms with van der Waals surface area (Å²) in [6.45, 7) is 2.31. The zero-order chi connectivity index (χ0) is 17.6. The van der Waals surface area contributed by atoms with Gasteiger partial charge in [-0.05, 0) is 29.2 Å². The zero-order valence-corrected chi connectivity index (χ0v) is 14.2. The monoisotopic (exact) mass is 341 g/mol. The van der Waals surface area contributed by atoms with Crippen molar-refractivity contribution in [3.8, 4) is 0 Å². The minimum absolute atomic E-state index is 0.0208. The topological polar surface area (TPSA) is 66.8 Å². The highest BCUT2D eigenvalue weighted by atomic mass is 16.5. The predicted octanol–water partition coefficient (Wildman–Crippen LogP) is 2.72. The number of fused-ring (bicyclic) bond motifs is 1. The molecule has 1 N–H and O–H groups in total. The van der Waals surface area contributed by atoms with E-state index in [1.165, 1.54) is 0 Å². The van der Waals surface area contributed by atoms with Crippen molar-refractivity contribution in [2.24, 2.45) is 5.92 Å². The number of amides is 1. The first-order valence-electron chi connectivity index (χ1n) is 8.70. The second-order valence-electron chi connectivity index (χ2n) is 6.41. The summed E-state index contributed by atoms with van der Waals surface area (Å²) in [7, 11) is 0. The Morgan fingerprint density at radius 1 is 1.08 bits per heavy atom. The van der Waals surface area contributed by atoms with E-state index in [0.717, 1.165) is 16.3 Å². The van der Waals surface area contributed by atoms with Crippen LogP contribution in [0, 0.1) is 5.92 Å². The fourth-order valence-corrected chi connectivity index (χ4v) is 3.32. The summed E-state index contributed by atoms with van der Waals surface area (Å²) in [5, 5.41) is 11.8. The van der Waals surface area contributed by atoms with E-state index in [4.69, 9.17) is 4.74 Å². The average Bonchev–Trinajstić information content (AvgIpc) is 2.65. The lowest BCUT2D eigenvalue weighted by Gasteiger charge is -2.27. The van der Waals surface area contributed by atoms with E-state index in [1.54, 1.807) is 4.90 Å². The van der Waals surface area contributed by atoms with Crippen LogP contribution < -0.4 is 0 Å². The first-order chi connectivity index (χ1) is 12.1. The van der Waals surface area contributed by atoms with E-state index < -0.39 is 11.9 Å². The molecule has 3 rings (SSSR count). The lowest BCUT2D eigenvalue weighted by Crippen LogP contribution is -2.40. The number of aliphatic carboxylic acids is 1. The Labute approximate surface area is 147 Å². The molecule has 2 aromatic rings. The summed E-state index contributed by atoms with van der Waals surface area (Å²) in [4.78, 5) is 25.7. The Bertz CT molecular complexity index is 747. The van der Waals surface area contributed by atoms with E-state index in [0.29, 0.717) is 39.1 Å². The zero-order valence-electron chi connectivity index (χ0n) is 14.2. The largest absolute Gasteiger partial charge is 0.481 e. The molecule has 0 saturated carbocycles. The predicted molar refractivity (Wildman–Crippen MR) is 95.4 cm³/mol. The molecule has 0 bridgehead atoms. The number of carboxylic acid groups (broad SMARTS) is 1. The molecule has 0 radical (unpaired) electrons. The SMILES string of the molecule is O=C(O)C(CCC(=O)N1CCOCC1)Cc1cccc2ccccc12. The number of rotatable bonds is 6. The van der Waals surface area contributed by atoms with Crippen molar-refractivity contribution in [1.82, 2.24) is 4.90 Å². The number of morpholine rings is 1. The van der Waals surface area contributed by atoms with Crippen LogP contribution in [0.15, 0.2) is 42.5 Å². The van der Waals surface area contributed by atoms with Crippen molar-refractivity contribution in [3.05, 3.63) is 48.0 Å². The van der Waals surface area contributed by atoms with Gasteiger partial charge in [-0.15, -0.1) is 0 Å². The van der Waals surface area contributed by atoms with Gasteiger partial charge in [0.15, 0.2) is 0 Å². The van der Waals surface area contributed by atoms with Gasteiger partial charge in [-0.2, -0.15) is 0 Å². The first kappa shape index (κ1) is 17.4. The molecular weight excluding hydrogens is 318 g/mol. The summed E-state index contributed by atoms with van der Waals surface area (Å²) in [6, 6.07) is 13.9. The Hall–Kier alpha value is -2.40. The van der Waals surface area contributed by atoms with E-state index in [2.05, 4.69) is 0 Å². The highest BCUT2D eigenvalue weighted by Gasteiger charge is 2.23. The van der Waals surface area contributed by atoms with Crippen molar-refractivity contribution in [3.63, 3.8) is 0 Å². The van der Waals surface area contributed by atoms with E-state index in [9.17, 15) is 14.7 Å². The van der Waals surface area contributed by atoms with Gasteiger partial charge in [-0.1, -0.05) is 42.5 Å². The number of ether oxygens (including phenoxy) is 1. The van der Waals surface area contributed by atoms with E-state index >= 15 is 0 Å². The van der Waals surface area contributed by atoms with Gasteiger partial charge in [0.05, 0.1) is 19.1 Å². The van der Waals surface area contributed by atoms with Gasteiger partial charge >= 0.3 is 5.97 Å². The van der Waals surface area contributed by atoms with Crippen LogP contribution in [0.3, 0.4) is 0 Å². The lowest BCUT2D eigenvalue weighted by atomic mass is 9.91. The Morgan fingerprint density at radius 3 is 2.56 bits per heavy atom. The quantitative estimate of drug-likeness (QED) is 0.877. The third-order valence-electron chi connectivity index (χ3n) is 4.77. The van der Waals surface area contributed by atoms with Crippen LogP contribution in [0.25, 0.3) is 10.8 Å². The summed E-state index contributed by atoms with van der Waals surface area (Å²) in [5.41, 5.74) is 1.02. The van der Waals surface area contributed by atoms with Gasteiger partial charge in [-0.3, -0.25) is 9.59 Å². The van der Waals surface area contributed by atoms with Crippen molar-refractivity contribution in [2.45, 2.75) is 19.3 Å². The molecule has 1 aliphatic rings. The molecule has 1 aliphatic heterocycles. The summed E-state index contributed by atoms with van der Waals surface area (Å²) in [6.07, 6.45) is 1.06. The molecule has 1 atom stereocenters. The summed E-state index contributed by atoms with van der Waals surface area (Å²) in [5.74, 6) is -1.38. The van der Waals surface area contributed by atoms with Crippen molar-refractivity contribution >= 4 is 22.6 Å². The molecule has 0 spiro atoms. The molecule has 1 fully saturated rings. The molecule has 1 heterocycles. The molecule has 132 valence electrons. The molecule has 25 heavy (non-hydrogen) atoms. The Kier molecular flexibility index (Phi) is 5.66. The minimum atomic E-state index is -0.845. The maximum absolute atomic E-state index is 12.3. The Balaban J connectivity index is 1.67. The van der Waals surface area contributed by atoms with Crippen LogP contribution in [0.1, 0.15) is 18.4 Å². The van der Waals surface area contributed by atoms with Crippen LogP contribution in [0.2, 0.25) is 0 Å². The van der Waals surface area contributed by atoms with Gasteiger partial charge in [0.2, 0.25) is 5.91 Å². The molecule has 0 aliphatic carbocycles. The third-order valence-corrected chi connectivity index (χ3v) is 4.77. The maximum Gasteiger partial charge on any atom is 0.306 e. The summed E-state index contributed by atoms with van der Waals surface area (Å²) < 4.78 is 5.25. The van der Waals surface area contributed by atoms with Crippen molar-refractivity contribution in [1.29, 1.82) is 0 Å². The average molecular weight is 341 g/mol. The number of carbonyl (C=O) groups is 2. The summed E-state index contributed by atoms with van der Waals surface area (Å²) >= 11 is 0. The maximum atomic E-state index is 12.3. The van der Waals surface area contributed by atoms with E-state index in [1.807, 2.05) is 42.5 Å². The molecule has 2 aromatic carbocycles. The van der Waals surface area contributed by atoms with Gasteiger partial charge < -0.3 is 14.7 Å². The van der Waals surface area contributed by atoms with Crippen molar-refractivity contribution < 1.29 is 19.4 Å². The van der Waals surface area contributed by atoms with Crippen LogP contribution in [0.5, 0.6) is 0 Å². The van der Waals surface area contributed by atoms with Gasteiger partial charge in [-0.25, -0.2) is 0 Å². The number of nitrogens with zero attached hydrogens (tertiary/aromatic N) is 1. The van der Waals surface area contributed by atoms with E-state index in [-0.39, 0.29) is 12.3 Å². The molecular formula is C20H23NO4. The van der Waals surface area contributed by atoms with Crippen molar-refractivity contribution in [2.75, 3.05) is 26.3 Å². The second-order valence-corrected chi connectivity index (χ2v) is 6.41. The highest BCUT2D eigenvalue weighted by Crippen LogP contribution is 2.23. The standard InChI is InChI=1S/C20H23NO4/c22-19(21-10-12-25-13-11-21)9-8-17(20(23)24)14-16-6-3-5-15-4-1-2-7-18(15)16/h1-7,17H,8-14H2,(H,23,24). The number of hydrogen-bond donors (Lipinski definition) is 1. The lowest BCUT2D eigenvalue weighted by molar-refractivity contribution is -0.142. The number of hydrogen-bond acceptors (Lipinski definition) is 3. The van der Waals surface area contributed by atoms with Crippen LogP contribution in [0.4, 0.5) is 0 Å². The smallest absolute Gasteiger partial charge is 0.306 e. The highest BCUT2D eigenvalue weighted by molar-refractivity contribution is 5.86. The normalized spacial score (nSPS) is 15.9. The Morgan fingerprint density at radius 2 is 1.80 bits per heavy atom. The minimum Gasteiger partial charge on any atom is -0.481 e. The van der Waals surface area contributed by atoms with Gasteiger partial charge in [0.25, 0.3) is 0 Å². The van der Waals surface area contributed by atoms with Gasteiger partial charge in [0.1, 0.15) is 0 Å². The number of benzene rings is 2. The molecule has 0 aromatic heterocycles. The molecule has 1 saturated heterocycles. The fourth-order valence-electron chi connectivity index (χ4n) is 3.32. The molecule has 5 nitrogen and oxygen atoms in total. The third kappa shape index (κ3) is 4.37. The molecule has 1 amide bonds. The van der Waals surface area contributed by atoms with Crippen LogP contribution in [-0.4, -0.2) is 48.2 Å². The second kappa shape index (κ2) is 8.12. The number of carboxylic acids is 1. The van der Waals surface area contributed by atoms with Gasteiger partial charge in [0, 0.05) is 19.5 Å². The van der Waals surface area contributed by atoms with Crippen LogP contribution >= 0.6 is 0 Å². The molecule has 5 heteroatoms. The number of carbonyl (C=O) groups excluding carboxylic acids is 1.